The van der Waals surface area contributed by atoms with Crippen LogP contribution in [0.3, 0.4) is 0 Å². The lowest BCUT2D eigenvalue weighted by atomic mass is 9.95. The van der Waals surface area contributed by atoms with Gasteiger partial charge in [-0.05, 0) is 41.3 Å². The molecule has 0 radical (unpaired) electrons. The maximum atomic E-state index is 13.2. The van der Waals surface area contributed by atoms with Gasteiger partial charge in [-0.25, -0.2) is 9.18 Å². The highest BCUT2D eigenvalue weighted by Crippen LogP contribution is 2.25. The van der Waals surface area contributed by atoms with Crippen LogP contribution in [0.4, 0.5) is 4.39 Å². The van der Waals surface area contributed by atoms with Crippen LogP contribution in [-0.4, -0.2) is 5.11 Å². The maximum absolute atomic E-state index is 13.2. The molecule has 0 amide bonds. The van der Waals surface area contributed by atoms with E-state index >= 15 is 0 Å². The van der Waals surface area contributed by atoms with E-state index in [0.29, 0.717) is 12.1 Å². The van der Waals surface area contributed by atoms with Gasteiger partial charge >= 0.3 is 5.63 Å². The number of hydrogen-bond acceptors (Lipinski definition) is 4. The lowest BCUT2D eigenvalue weighted by Gasteiger charge is -2.23. The molecule has 3 aromatic rings. The molecule has 0 saturated heterocycles. The Labute approximate surface area is 144 Å². The number of benzene rings is 2. The normalized spacial score (nSPS) is 12.6. The van der Waals surface area contributed by atoms with E-state index in [-0.39, 0.29) is 23.5 Å². The van der Waals surface area contributed by atoms with E-state index in [9.17, 15) is 14.3 Å². The van der Waals surface area contributed by atoms with Crippen molar-refractivity contribution >= 4 is 11.0 Å². The first-order chi connectivity index (χ1) is 11.9. The predicted octanol–water partition coefficient (Wildman–Crippen LogP) is 4.12. The van der Waals surface area contributed by atoms with Crippen LogP contribution in [-0.2, 0) is 6.54 Å². The zero-order valence-corrected chi connectivity index (χ0v) is 14.1. The van der Waals surface area contributed by atoms with E-state index in [4.69, 9.17) is 4.42 Å². The summed E-state index contributed by atoms with van der Waals surface area (Å²) in [4.78, 5) is 11.8. The van der Waals surface area contributed by atoms with Crippen molar-refractivity contribution in [2.75, 3.05) is 0 Å². The van der Waals surface area contributed by atoms with Crippen LogP contribution < -0.4 is 10.9 Å². The smallest absolute Gasteiger partial charge is 0.336 e. The second-order valence-corrected chi connectivity index (χ2v) is 6.43. The van der Waals surface area contributed by atoms with Gasteiger partial charge in [0.2, 0.25) is 0 Å². The van der Waals surface area contributed by atoms with Crippen LogP contribution in [0.15, 0.2) is 57.7 Å². The Kier molecular flexibility index (Phi) is 4.86. The fraction of sp³-hybridized carbons (Fsp3) is 0.250. The molecule has 1 aromatic heterocycles. The molecule has 0 saturated carbocycles. The van der Waals surface area contributed by atoms with Crippen molar-refractivity contribution in [3.8, 4) is 5.75 Å². The highest BCUT2D eigenvalue weighted by Gasteiger charge is 2.16. The predicted molar refractivity (Wildman–Crippen MR) is 95.0 cm³/mol. The third kappa shape index (κ3) is 3.88. The number of hydrogen-bond donors (Lipinski definition) is 2. The molecular weight excluding hydrogens is 321 g/mol. The number of fused-ring (bicyclic) bond motifs is 1. The van der Waals surface area contributed by atoms with Crippen molar-refractivity contribution in [1.29, 1.82) is 0 Å². The van der Waals surface area contributed by atoms with Crippen LogP contribution >= 0.6 is 0 Å². The van der Waals surface area contributed by atoms with E-state index in [0.717, 1.165) is 16.5 Å². The van der Waals surface area contributed by atoms with Gasteiger partial charge in [-0.15, -0.1) is 0 Å². The first-order valence-electron chi connectivity index (χ1n) is 8.18. The first kappa shape index (κ1) is 17.2. The highest BCUT2D eigenvalue weighted by atomic mass is 19.1. The van der Waals surface area contributed by atoms with Gasteiger partial charge in [-0.1, -0.05) is 26.0 Å². The van der Waals surface area contributed by atoms with E-state index in [2.05, 4.69) is 19.2 Å². The van der Waals surface area contributed by atoms with Crippen molar-refractivity contribution in [3.63, 3.8) is 0 Å². The van der Waals surface area contributed by atoms with Gasteiger partial charge in [0.1, 0.15) is 17.1 Å². The van der Waals surface area contributed by atoms with Gasteiger partial charge < -0.3 is 14.8 Å². The Hall–Kier alpha value is -2.66. The summed E-state index contributed by atoms with van der Waals surface area (Å²) in [6.45, 7) is 4.61. The quantitative estimate of drug-likeness (QED) is 0.685. The Bertz CT molecular complexity index is 932. The summed E-state index contributed by atoms with van der Waals surface area (Å²) in [7, 11) is 0. The number of phenolic OH excluding ortho intramolecular Hbond substituents is 1. The summed E-state index contributed by atoms with van der Waals surface area (Å²) >= 11 is 0. The van der Waals surface area contributed by atoms with Crippen LogP contribution in [0.25, 0.3) is 11.0 Å². The molecule has 2 N–H and O–H groups in total. The van der Waals surface area contributed by atoms with Crippen molar-refractivity contribution in [3.05, 3.63) is 75.9 Å². The Balaban J connectivity index is 1.89. The molecule has 3 rings (SSSR count). The Morgan fingerprint density at radius 3 is 2.52 bits per heavy atom. The molecule has 0 spiro atoms. The average Bonchev–Trinajstić information content (AvgIpc) is 2.55. The number of nitrogens with one attached hydrogen (secondary N) is 1. The fourth-order valence-electron chi connectivity index (χ4n) is 2.99. The summed E-state index contributed by atoms with van der Waals surface area (Å²) in [6.07, 6.45) is 0. The molecule has 1 heterocycles. The molecule has 4 nitrogen and oxygen atoms in total. The van der Waals surface area contributed by atoms with Gasteiger partial charge in [-0.2, -0.15) is 0 Å². The van der Waals surface area contributed by atoms with Gasteiger partial charge in [0.15, 0.2) is 0 Å². The number of rotatable bonds is 5. The van der Waals surface area contributed by atoms with E-state index in [1.165, 1.54) is 24.3 Å². The SMILES string of the molecule is CC(C)[C@H](NCc1cc(=O)oc2cc(O)ccc12)c1ccc(F)cc1. The van der Waals surface area contributed by atoms with E-state index in [1.807, 2.05) is 0 Å². The zero-order valence-electron chi connectivity index (χ0n) is 14.1. The van der Waals surface area contributed by atoms with Crippen LogP contribution in [0.5, 0.6) is 5.75 Å². The standard InChI is InChI=1S/C20H20FNO3/c1-12(2)20(13-3-5-15(21)6-4-13)22-11-14-9-19(24)25-18-10-16(23)7-8-17(14)18/h3-10,12,20,22-23H,11H2,1-2H3/t20-/m0/s1. The Morgan fingerprint density at radius 1 is 1.12 bits per heavy atom. The summed E-state index contributed by atoms with van der Waals surface area (Å²) < 4.78 is 18.3. The van der Waals surface area contributed by atoms with Crippen molar-refractivity contribution in [1.82, 2.24) is 5.32 Å². The van der Waals surface area contributed by atoms with Crippen LogP contribution in [0.1, 0.15) is 31.0 Å². The second-order valence-electron chi connectivity index (χ2n) is 6.43. The number of phenols is 1. The molecule has 0 aliphatic carbocycles. The maximum Gasteiger partial charge on any atom is 0.336 e. The third-order valence-electron chi connectivity index (χ3n) is 4.22. The van der Waals surface area contributed by atoms with Crippen LogP contribution in [0.2, 0.25) is 0 Å². The lowest BCUT2D eigenvalue weighted by Crippen LogP contribution is -2.26. The van der Waals surface area contributed by atoms with Gasteiger partial charge in [0.25, 0.3) is 0 Å². The molecule has 0 bridgehead atoms. The monoisotopic (exact) mass is 341 g/mol. The molecular formula is C20H20FNO3. The molecule has 130 valence electrons. The molecule has 0 aliphatic rings. The third-order valence-corrected chi connectivity index (χ3v) is 4.22. The van der Waals surface area contributed by atoms with Crippen molar-refractivity contribution in [2.45, 2.75) is 26.4 Å². The average molecular weight is 341 g/mol. The zero-order chi connectivity index (χ0) is 18.0. The van der Waals surface area contributed by atoms with E-state index < -0.39 is 5.63 Å². The summed E-state index contributed by atoms with van der Waals surface area (Å²) in [5.41, 5.74) is 1.67. The molecule has 25 heavy (non-hydrogen) atoms. The minimum Gasteiger partial charge on any atom is -0.508 e. The molecule has 0 unspecified atom stereocenters. The minimum atomic E-state index is -0.460. The summed E-state index contributed by atoms with van der Waals surface area (Å²) in [6, 6.07) is 12.6. The van der Waals surface area contributed by atoms with Crippen LogP contribution in [0, 0.1) is 11.7 Å². The topological polar surface area (TPSA) is 62.5 Å². The summed E-state index contributed by atoms with van der Waals surface area (Å²) in [5, 5.41) is 13.8. The number of halogens is 1. The molecule has 2 aromatic carbocycles. The molecule has 0 aliphatic heterocycles. The molecule has 0 fully saturated rings. The van der Waals surface area contributed by atoms with E-state index in [1.54, 1.807) is 24.3 Å². The second kappa shape index (κ2) is 7.07. The lowest BCUT2D eigenvalue weighted by molar-refractivity contribution is 0.410. The fourth-order valence-corrected chi connectivity index (χ4v) is 2.99. The largest absolute Gasteiger partial charge is 0.508 e. The van der Waals surface area contributed by atoms with Gasteiger partial charge in [0, 0.05) is 30.1 Å². The molecule has 1 atom stereocenters. The minimum absolute atomic E-state index is 0.0139. The number of aromatic hydroxyl groups is 1. The molecule has 5 heteroatoms. The summed E-state index contributed by atoms with van der Waals surface area (Å²) in [5.74, 6) is 0.0609. The first-order valence-corrected chi connectivity index (χ1v) is 8.18. The van der Waals surface area contributed by atoms with Gasteiger partial charge in [-0.3, -0.25) is 0 Å². The van der Waals surface area contributed by atoms with Gasteiger partial charge in [0.05, 0.1) is 0 Å². The Morgan fingerprint density at radius 2 is 1.84 bits per heavy atom. The van der Waals surface area contributed by atoms with Crippen molar-refractivity contribution < 1.29 is 13.9 Å². The van der Waals surface area contributed by atoms with Crippen molar-refractivity contribution in [2.24, 2.45) is 5.92 Å². The highest BCUT2D eigenvalue weighted by molar-refractivity contribution is 5.81.